The zero-order chi connectivity index (χ0) is 32.2. The normalized spacial score (nSPS) is 13.6. The lowest BCUT2D eigenvalue weighted by molar-refractivity contribution is 0.102. The summed E-state index contributed by atoms with van der Waals surface area (Å²) in [6.45, 7) is 3.76. The van der Waals surface area contributed by atoms with Crippen molar-refractivity contribution in [2.45, 2.75) is 16.7 Å². The van der Waals surface area contributed by atoms with E-state index < -0.39 is 26.0 Å². The molecule has 1 aliphatic heterocycles. The molecule has 1 amide bonds. The number of carbonyl (C=O) groups is 1. The molecule has 1 fully saturated rings. The van der Waals surface area contributed by atoms with Crippen LogP contribution in [0.1, 0.15) is 15.9 Å². The second-order valence-electron chi connectivity index (χ2n) is 10.4. The molecule has 236 valence electrons. The maximum absolute atomic E-state index is 13.8. The maximum atomic E-state index is 13.8. The first-order chi connectivity index (χ1) is 21.5. The number of hydrogen-bond acceptors (Lipinski definition) is 8. The molecule has 0 saturated carbocycles. The monoisotopic (exact) mass is 650 g/mol. The summed E-state index contributed by atoms with van der Waals surface area (Å²) >= 11 is 0. The van der Waals surface area contributed by atoms with Gasteiger partial charge in [0.25, 0.3) is 26.0 Å². The largest absolute Gasteiger partial charge is 0.495 e. The topological polar surface area (TPSA) is 134 Å². The van der Waals surface area contributed by atoms with Crippen LogP contribution in [0, 0.1) is 6.92 Å². The molecule has 5 rings (SSSR count). The number of nitrogens with zero attached hydrogens (tertiary/aromatic N) is 2. The van der Waals surface area contributed by atoms with Crippen molar-refractivity contribution in [3.63, 3.8) is 0 Å². The van der Waals surface area contributed by atoms with Gasteiger partial charge in [-0.05, 0) is 67.6 Å². The highest BCUT2D eigenvalue weighted by Crippen LogP contribution is 2.33. The van der Waals surface area contributed by atoms with Crippen molar-refractivity contribution in [1.29, 1.82) is 0 Å². The number of methoxy groups -OCH3 is 1. The third kappa shape index (κ3) is 7.06. The molecule has 13 heteroatoms. The molecule has 1 aliphatic rings. The van der Waals surface area contributed by atoms with Crippen LogP contribution in [0.15, 0.2) is 101 Å². The van der Waals surface area contributed by atoms with Gasteiger partial charge in [0.15, 0.2) is 0 Å². The molecule has 4 aromatic rings. The van der Waals surface area contributed by atoms with E-state index in [2.05, 4.69) is 10.0 Å². The van der Waals surface area contributed by atoms with Crippen LogP contribution >= 0.6 is 0 Å². The highest BCUT2D eigenvalue weighted by Gasteiger charge is 2.26. The number of sulfonamides is 2. The Hall–Kier alpha value is -4.59. The molecule has 0 radical (unpaired) electrons. The number of hydrogen-bond donors (Lipinski definition) is 2. The molecule has 1 saturated heterocycles. The van der Waals surface area contributed by atoms with Crippen molar-refractivity contribution >= 4 is 48.7 Å². The molecule has 0 spiro atoms. The number of benzene rings is 4. The minimum atomic E-state index is -4.16. The van der Waals surface area contributed by atoms with Crippen LogP contribution < -0.4 is 24.0 Å². The van der Waals surface area contributed by atoms with Gasteiger partial charge in [-0.25, -0.2) is 16.8 Å². The highest BCUT2D eigenvalue weighted by molar-refractivity contribution is 7.93. The standard InChI is InChI=1S/C32H34N4O7S2/c1-23-11-14-26(15-12-23)35(2)45(40,41)27-8-6-7-24(21-27)32(37)33-25-13-16-29(36-17-19-43-20-18-36)31(22-25)44(38,39)34-28-9-4-5-10-30(28)42-3/h4-16,21-22,34H,17-20H2,1-3H3,(H,33,37). The molecule has 0 aromatic heterocycles. The van der Waals surface area contributed by atoms with Crippen molar-refractivity contribution in [1.82, 2.24) is 0 Å². The lowest BCUT2D eigenvalue weighted by atomic mass is 10.2. The number of morpholine rings is 1. The molecule has 45 heavy (non-hydrogen) atoms. The van der Waals surface area contributed by atoms with Gasteiger partial charge in [-0.3, -0.25) is 13.8 Å². The van der Waals surface area contributed by atoms with Crippen molar-refractivity contribution in [3.8, 4) is 5.75 Å². The number of nitrogens with one attached hydrogen (secondary N) is 2. The quantitative estimate of drug-likeness (QED) is 0.252. The SMILES string of the molecule is COc1ccccc1NS(=O)(=O)c1cc(NC(=O)c2cccc(S(=O)(=O)N(C)c3ccc(C)cc3)c2)ccc1N1CCOCC1. The van der Waals surface area contributed by atoms with E-state index >= 15 is 0 Å². The van der Waals surface area contributed by atoms with Gasteiger partial charge in [0.05, 0.1) is 42.3 Å². The number of aryl methyl sites for hydroxylation is 1. The van der Waals surface area contributed by atoms with Crippen LogP contribution in [0.2, 0.25) is 0 Å². The van der Waals surface area contributed by atoms with Gasteiger partial charge >= 0.3 is 0 Å². The fourth-order valence-corrected chi connectivity index (χ4v) is 7.42. The summed E-state index contributed by atoms with van der Waals surface area (Å²) in [6, 6.07) is 24.0. The fourth-order valence-electron chi connectivity index (χ4n) is 4.85. The average molecular weight is 651 g/mol. The van der Waals surface area contributed by atoms with Gasteiger partial charge in [-0.2, -0.15) is 0 Å². The third-order valence-electron chi connectivity index (χ3n) is 7.36. The first kappa shape index (κ1) is 31.8. The maximum Gasteiger partial charge on any atom is 0.264 e. The van der Waals surface area contributed by atoms with E-state index in [1.165, 1.54) is 44.5 Å². The summed E-state index contributed by atoms with van der Waals surface area (Å²) < 4.78 is 68.9. The summed E-state index contributed by atoms with van der Waals surface area (Å²) in [7, 11) is -5.24. The van der Waals surface area contributed by atoms with E-state index in [0.717, 1.165) is 9.87 Å². The van der Waals surface area contributed by atoms with Crippen molar-refractivity contribution in [2.75, 3.05) is 59.7 Å². The lowest BCUT2D eigenvalue weighted by Gasteiger charge is -2.30. The Labute approximate surface area is 263 Å². The molecule has 0 atom stereocenters. The molecule has 2 N–H and O–H groups in total. The molecular formula is C32H34N4O7S2. The number of ether oxygens (including phenoxy) is 2. The smallest absolute Gasteiger partial charge is 0.264 e. The predicted molar refractivity (Wildman–Crippen MR) is 174 cm³/mol. The minimum Gasteiger partial charge on any atom is -0.495 e. The zero-order valence-electron chi connectivity index (χ0n) is 25.1. The number of rotatable bonds is 10. The van der Waals surface area contributed by atoms with Crippen molar-refractivity contribution < 1.29 is 31.1 Å². The van der Waals surface area contributed by atoms with Gasteiger partial charge in [-0.15, -0.1) is 0 Å². The minimum absolute atomic E-state index is 0.0517. The molecular weight excluding hydrogens is 617 g/mol. The summed E-state index contributed by atoms with van der Waals surface area (Å²) in [4.78, 5) is 15.2. The summed E-state index contributed by atoms with van der Waals surface area (Å²) in [5.74, 6) is -0.258. The average Bonchev–Trinajstić information content (AvgIpc) is 3.05. The van der Waals surface area contributed by atoms with Crippen molar-refractivity contribution in [2.24, 2.45) is 0 Å². The number of carbonyl (C=O) groups excluding carboxylic acids is 1. The van der Waals surface area contributed by atoms with Gasteiger partial charge in [0.2, 0.25) is 0 Å². The fraction of sp³-hybridized carbons (Fsp3) is 0.219. The molecule has 0 unspecified atom stereocenters. The van der Waals surface area contributed by atoms with E-state index in [0.29, 0.717) is 43.4 Å². The molecule has 11 nitrogen and oxygen atoms in total. The van der Waals surface area contributed by atoms with Crippen LogP contribution in [0.3, 0.4) is 0 Å². The van der Waals surface area contributed by atoms with Crippen LogP contribution in [0.25, 0.3) is 0 Å². The molecule has 1 heterocycles. The first-order valence-electron chi connectivity index (χ1n) is 14.1. The Morgan fingerprint density at radius 2 is 1.60 bits per heavy atom. The summed E-state index contributed by atoms with van der Waals surface area (Å²) in [6.07, 6.45) is 0. The van der Waals surface area contributed by atoms with E-state index in [1.807, 2.05) is 24.0 Å². The van der Waals surface area contributed by atoms with E-state index in [-0.39, 0.29) is 26.7 Å². The zero-order valence-corrected chi connectivity index (χ0v) is 26.7. The molecule has 4 aromatic carbocycles. The Balaban J connectivity index is 1.44. The van der Waals surface area contributed by atoms with E-state index in [4.69, 9.17) is 9.47 Å². The molecule has 0 aliphatic carbocycles. The van der Waals surface area contributed by atoms with Gasteiger partial charge in [0, 0.05) is 31.4 Å². The predicted octanol–water partition coefficient (Wildman–Crippen LogP) is 4.72. The number of anilines is 4. The second-order valence-corrected chi connectivity index (χ2v) is 14.0. The van der Waals surface area contributed by atoms with Crippen LogP contribution in [0.4, 0.5) is 22.7 Å². The van der Waals surface area contributed by atoms with Crippen LogP contribution in [-0.4, -0.2) is 63.2 Å². The Morgan fingerprint density at radius 3 is 2.31 bits per heavy atom. The lowest BCUT2D eigenvalue weighted by Crippen LogP contribution is -2.37. The van der Waals surface area contributed by atoms with Crippen LogP contribution in [-0.2, 0) is 24.8 Å². The van der Waals surface area contributed by atoms with E-state index in [1.54, 1.807) is 48.5 Å². The van der Waals surface area contributed by atoms with Gasteiger partial charge in [0.1, 0.15) is 10.6 Å². The van der Waals surface area contributed by atoms with Gasteiger partial charge in [-0.1, -0.05) is 35.9 Å². The Morgan fingerprint density at radius 1 is 0.889 bits per heavy atom. The highest BCUT2D eigenvalue weighted by atomic mass is 32.2. The number of amides is 1. The van der Waals surface area contributed by atoms with E-state index in [9.17, 15) is 21.6 Å². The van der Waals surface area contributed by atoms with Gasteiger partial charge < -0.3 is 19.7 Å². The Bertz CT molecular complexity index is 1910. The Kier molecular flexibility index (Phi) is 9.32. The number of para-hydroxylation sites is 2. The van der Waals surface area contributed by atoms with Crippen molar-refractivity contribution in [3.05, 3.63) is 102 Å². The summed E-state index contributed by atoms with van der Waals surface area (Å²) in [5, 5.41) is 2.73. The first-order valence-corrected chi connectivity index (χ1v) is 17.0. The summed E-state index contributed by atoms with van der Waals surface area (Å²) in [5.41, 5.74) is 2.48. The molecule has 0 bridgehead atoms. The van der Waals surface area contributed by atoms with Crippen LogP contribution in [0.5, 0.6) is 5.75 Å². The third-order valence-corrected chi connectivity index (χ3v) is 10.5. The second kappa shape index (κ2) is 13.2.